The van der Waals surface area contributed by atoms with Gasteiger partial charge in [0.15, 0.2) is 6.29 Å². The smallest absolute Gasteiger partial charge is 0.151 e. The van der Waals surface area contributed by atoms with Crippen molar-refractivity contribution in [2.45, 2.75) is 24.4 Å². The van der Waals surface area contributed by atoms with Gasteiger partial charge in [0.1, 0.15) is 24.4 Å². The maximum absolute atomic E-state index is 9.90. The van der Waals surface area contributed by atoms with Crippen LogP contribution in [0.5, 0.6) is 0 Å². The van der Waals surface area contributed by atoms with E-state index in [0.29, 0.717) is 0 Å². The molecule has 7 heteroatoms. The van der Waals surface area contributed by atoms with Gasteiger partial charge >= 0.3 is 0 Å². The van der Waals surface area contributed by atoms with Gasteiger partial charge in [0.25, 0.3) is 0 Å². The van der Waals surface area contributed by atoms with Gasteiger partial charge in [-0.1, -0.05) is 0 Å². The molecule has 6 nitrogen and oxygen atoms in total. The molecule has 1 radical (unpaired) electrons. The number of aliphatic hydroxyl groups excluding tert-OH is 5. The van der Waals surface area contributed by atoms with E-state index in [9.17, 15) is 4.79 Å². The topological polar surface area (TPSA) is 118 Å². The summed E-state index contributed by atoms with van der Waals surface area (Å²) in [5, 5.41) is 43.5. The number of carbonyl (C=O) groups excluding carboxylic acids is 1. The second-order valence-corrected chi connectivity index (χ2v) is 2.36. The minimum atomic E-state index is -1.79. The number of aliphatic hydroxyl groups is 5. The molecule has 0 aromatic carbocycles. The number of aldehydes is 1. The van der Waals surface area contributed by atoms with Crippen LogP contribution in [0.15, 0.2) is 0 Å². The van der Waals surface area contributed by atoms with Crippen LogP contribution in [0, 0.1) is 0 Å². The molecule has 0 aliphatic heterocycles. The number of hydrogen-bond acceptors (Lipinski definition) is 6. The van der Waals surface area contributed by atoms with E-state index in [0.717, 1.165) is 0 Å². The standard InChI is InChI=1S/C6H12O6.Au/c7-1-3(9)5(11)6(12)4(10)2-8;/h1,3-6,8-12H,2H2;. The Morgan fingerprint density at radius 2 is 1.54 bits per heavy atom. The van der Waals surface area contributed by atoms with Gasteiger partial charge in [-0.05, 0) is 0 Å². The van der Waals surface area contributed by atoms with Crippen molar-refractivity contribution in [2.75, 3.05) is 6.61 Å². The zero-order chi connectivity index (χ0) is 9.72. The molecule has 5 N–H and O–H groups in total. The maximum Gasteiger partial charge on any atom is 0.151 e. The van der Waals surface area contributed by atoms with E-state index in [1.807, 2.05) is 0 Å². The van der Waals surface area contributed by atoms with Crippen molar-refractivity contribution in [2.24, 2.45) is 0 Å². The first kappa shape index (κ1) is 15.7. The second kappa shape index (κ2) is 7.60. The zero-order valence-corrected chi connectivity index (χ0v) is 8.71. The Balaban J connectivity index is 0. The zero-order valence-electron chi connectivity index (χ0n) is 6.54. The molecular weight excluding hydrogens is 365 g/mol. The summed E-state index contributed by atoms with van der Waals surface area (Å²) in [6.07, 6.45) is -6.84. The van der Waals surface area contributed by atoms with Crippen LogP contribution < -0.4 is 0 Å². The molecule has 0 saturated carbocycles. The Labute approximate surface area is 90.3 Å². The van der Waals surface area contributed by atoms with Gasteiger partial charge in [0.2, 0.25) is 0 Å². The Morgan fingerprint density at radius 3 is 1.85 bits per heavy atom. The molecule has 13 heavy (non-hydrogen) atoms. The molecule has 0 aliphatic carbocycles. The SMILES string of the molecule is O=CC(O)C(O)C(O)C(O)CO.[Au]. The molecule has 0 spiro atoms. The van der Waals surface area contributed by atoms with Crippen molar-refractivity contribution >= 4 is 6.29 Å². The maximum atomic E-state index is 9.90. The molecule has 0 rings (SSSR count). The quantitative estimate of drug-likeness (QED) is 0.252. The van der Waals surface area contributed by atoms with Gasteiger partial charge < -0.3 is 30.3 Å². The Morgan fingerprint density at radius 1 is 1.08 bits per heavy atom. The summed E-state index contributed by atoms with van der Waals surface area (Å²) < 4.78 is 0. The predicted octanol–water partition coefficient (Wildman–Crippen LogP) is -3.38. The molecule has 0 fully saturated rings. The minimum Gasteiger partial charge on any atom is -0.394 e. The summed E-state index contributed by atoms with van der Waals surface area (Å²) in [4.78, 5) is 9.90. The van der Waals surface area contributed by atoms with Crippen LogP contribution in [0.1, 0.15) is 0 Å². The first-order chi connectivity index (χ1) is 5.54. The third-order valence-electron chi connectivity index (χ3n) is 1.42. The van der Waals surface area contributed by atoms with Crippen LogP contribution in [-0.2, 0) is 27.2 Å². The van der Waals surface area contributed by atoms with Crippen LogP contribution >= 0.6 is 0 Å². The van der Waals surface area contributed by atoms with Gasteiger partial charge in [-0.15, -0.1) is 0 Å². The van der Waals surface area contributed by atoms with Crippen LogP contribution in [0.3, 0.4) is 0 Å². The van der Waals surface area contributed by atoms with E-state index >= 15 is 0 Å². The van der Waals surface area contributed by atoms with E-state index in [4.69, 9.17) is 25.5 Å². The average molecular weight is 377 g/mol. The Hall–Kier alpha value is 0.210. The van der Waals surface area contributed by atoms with Crippen LogP contribution in [0.25, 0.3) is 0 Å². The van der Waals surface area contributed by atoms with Crippen molar-refractivity contribution in [3.8, 4) is 0 Å². The molecule has 0 aromatic heterocycles. The summed E-state index contributed by atoms with van der Waals surface area (Å²) in [5.74, 6) is 0. The van der Waals surface area contributed by atoms with E-state index in [1.165, 1.54) is 0 Å². The molecule has 83 valence electrons. The number of carbonyl (C=O) groups is 1. The van der Waals surface area contributed by atoms with Crippen LogP contribution in [0.2, 0.25) is 0 Å². The molecule has 0 heterocycles. The first-order valence-corrected chi connectivity index (χ1v) is 3.33. The van der Waals surface area contributed by atoms with Crippen LogP contribution in [-0.4, -0.2) is 62.8 Å². The average Bonchev–Trinajstić information content (AvgIpc) is 2.12. The first-order valence-electron chi connectivity index (χ1n) is 3.33. The van der Waals surface area contributed by atoms with Crippen LogP contribution in [0.4, 0.5) is 0 Å². The normalized spacial score (nSPS) is 19.5. The van der Waals surface area contributed by atoms with E-state index < -0.39 is 31.0 Å². The van der Waals surface area contributed by atoms with Gasteiger partial charge in [0.05, 0.1) is 6.61 Å². The van der Waals surface area contributed by atoms with Gasteiger partial charge in [-0.25, -0.2) is 0 Å². The fourth-order valence-electron chi connectivity index (χ4n) is 0.618. The third-order valence-corrected chi connectivity index (χ3v) is 1.42. The van der Waals surface area contributed by atoms with Crippen molar-refractivity contribution in [3.05, 3.63) is 0 Å². The van der Waals surface area contributed by atoms with Gasteiger partial charge in [-0.2, -0.15) is 0 Å². The summed E-state index contributed by atoms with van der Waals surface area (Å²) in [6, 6.07) is 0. The fourth-order valence-corrected chi connectivity index (χ4v) is 0.618. The van der Waals surface area contributed by atoms with Crippen molar-refractivity contribution in [1.29, 1.82) is 0 Å². The van der Waals surface area contributed by atoms with E-state index in [2.05, 4.69) is 0 Å². The second-order valence-electron chi connectivity index (χ2n) is 2.36. The molecule has 4 unspecified atom stereocenters. The van der Waals surface area contributed by atoms with Crippen molar-refractivity contribution in [3.63, 3.8) is 0 Å². The third kappa shape index (κ3) is 4.84. The Kier molecular flexibility index (Phi) is 9.16. The minimum absolute atomic E-state index is 0. The molecule has 0 aromatic rings. The monoisotopic (exact) mass is 377 g/mol. The van der Waals surface area contributed by atoms with E-state index in [-0.39, 0.29) is 28.7 Å². The molecule has 0 bridgehead atoms. The molecule has 0 saturated heterocycles. The van der Waals surface area contributed by atoms with E-state index in [1.54, 1.807) is 0 Å². The summed E-state index contributed by atoms with van der Waals surface area (Å²) in [5.41, 5.74) is 0. The largest absolute Gasteiger partial charge is 0.394 e. The molecule has 0 amide bonds. The number of rotatable bonds is 5. The predicted molar refractivity (Wildman–Crippen MR) is 37.2 cm³/mol. The fraction of sp³-hybridized carbons (Fsp3) is 0.833. The summed E-state index contributed by atoms with van der Waals surface area (Å²) in [6.45, 7) is -0.760. The summed E-state index contributed by atoms with van der Waals surface area (Å²) >= 11 is 0. The van der Waals surface area contributed by atoms with Gasteiger partial charge in [-0.3, -0.25) is 0 Å². The molecule has 0 aliphatic rings. The molecule has 4 atom stereocenters. The Bertz CT molecular complexity index is 143. The van der Waals surface area contributed by atoms with Crippen molar-refractivity contribution < 1.29 is 52.7 Å². The summed E-state index contributed by atoms with van der Waals surface area (Å²) in [7, 11) is 0. The van der Waals surface area contributed by atoms with Crippen molar-refractivity contribution in [1.82, 2.24) is 0 Å². The molecular formula is C6H12AuO6. The van der Waals surface area contributed by atoms with Gasteiger partial charge in [0, 0.05) is 22.4 Å². The number of hydrogen-bond donors (Lipinski definition) is 5.